The van der Waals surface area contributed by atoms with Gasteiger partial charge in [0.15, 0.2) is 0 Å². The Kier molecular flexibility index (Phi) is 18.8. The minimum Gasteiger partial charge on any atom is -0.229 e. The second-order valence-electron chi connectivity index (χ2n) is 8.14. The molecule has 0 aromatic carbocycles. The third-order valence-corrected chi connectivity index (χ3v) is 10.1. The van der Waals surface area contributed by atoms with Gasteiger partial charge in [-0.25, -0.2) is 9.78 Å². The molecule has 0 amide bonds. The second-order valence-corrected chi connectivity index (χ2v) is 14.4. The van der Waals surface area contributed by atoms with Crippen molar-refractivity contribution in [1.29, 1.82) is 0 Å². The van der Waals surface area contributed by atoms with Crippen LogP contribution in [0.1, 0.15) is 123 Å². The molecule has 0 aromatic heterocycles. The fourth-order valence-corrected chi connectivity index (χ4v) is 8.45. The van der Waals surface area contributed by atoms with Gasteiger partial charge in [0.25, 0.3) is 0 Å². The maximum atomic E-state index is 5.73. The zero-order valence-electron chi connectivity index (χ0n) is 18.9. The van der Waals surface area contributed by atoms with Crippen LogP contribution in [0.15, 0.2) is 0 Å². The highest BCUT2D eigenvalue weighted by Crippen LogP contribution is 2.64. The monoisotopic (exact) mass is 468 g/mol. The molecule has 1 fully saturated rings. The predicted octanol–water partition coefficient (Wildman–Crippen LogP) is 8.89. The van der Waals surface area contributed by atoms with Gasteiger partial charge in [0.05, 0.1) is 13.2 Å². The normalized spacial score (nSPS) is 15.8. The summed E-state index contributed by atoms with van der Waals surface area (Å²) >= 11 is 7.38. The molecule has 0 aromatic rings. The van der Waals surface area contributed by atoms with Gasteiger partial charge in [0.2, 0.25) is 0 Å². The van der Waals surface area contributed by atoms with Crippen LogP contribution < -0.4 is 0 Å². The predicted molar refractivity (Wildman–Crippen MR) is 130 cm³/mol. The van der Waals surface area contributed by atoms with E-state index in [1.165, 1.54) is 96.3 Å². The average molecular weight is 469 g/mol. The second kappa shape index (κ2) is 19.5. The Morgan fingerprint density at radius 2 is 1.14 bits per heavy atom. The lowest BCUT2D eigenvalue weighted by molar-refractivity contribution is -0.253. The summed E-state index contributed by atoms with van der Waals surface area (Å²) in [5.41, 5.74) is -2.61. The third-order valence-electron chi connectivity index (χ3n) is 5.28. The van der Waals surface area contributed by atoms with E-state index in [0.29, 0.717) is 18.5 Å². The maximum Gasteiger partial charge on any atom is 0.307 e. The van der Waals surface area contributed by atoms with Crippen molar-refractivity contribution in [3.05, 3.63) is 0 Å². The molecule has 0 atom stereocenters. The molecule has 0 saturated heterocycles. The molecule has 7 heteroatoms. The molecule has 0 unspecified atom stereocenters. The topological polar surface area (TPSA) is 36.9 Å². The molecule has 1 aliphatic carbocycles. The first-order chi connectivity index (χ1) is 14.2. The van der Waals surface area contributed by atoms with E-state index in [4.69, 9.17) is 30.9 Å². The van der Waals surface area contributed by atoms with E-state index >= 15 is 0 Å². The Hall–Kier alpha value is 0.840. The van der Waals surface area contributed by atoms with Crippen molar-refractivity contribution in [2.24, 2.45) is 0 Å². The lowest BCUT2D eigenvalue weighted by Crippen LogP contribution is -2.09. The van der Waals surface area contributed by atoms with Crippen LogP contribution in [0.25, 0.3) is 0 Å². The van der Waals surface area contributed by atoms with Crippen molar-refractivity contribution in [1.82, 2.24) is 0 Å². The largest absolute Gasteiger partial charge is 0.307 e. The highest BCUT2D eigenvalue weighted by Gasteiger charge is 2.29. The van der Waals surface area contributed by atoms with E-state index in [0.717, 1.165) is 12.8 Å². The van der Waals surface area contributed by atoms with Crippen LogP contribution in [0, 0.1) is 0 Å². The average Bonchev–Trinajstić information content (AvgIpc) is 2.73. The SMILES string of the molecule is CCCCCCCCOOP(=S)(OOCCCCCCCC)SC1CCCCC1. The van der Waals surface area contributed by atoms with Crippen molar-refractivity contribution in [2.75, 3.05) is 13.2 Å². The van der Waals surface area contributed by atoms with Crippen molar-refractivity contribution in [3.8, 4) is 0 Å². The molecule has 0 radical (unpaired) electrons. The number of hydrogen-bond donors (Lipinski definition) is 0. The lowest BCUT2D eigenvalue weighted by Gasteiger charge is -2.26. The summed E-state index contributed by atoms with van der Waals surface area (Å²) in [7, 11) is 0. The highest BCUT2D eigenvalue weighted by molar-refractivity contribution is 8.68. The van der Waals surface area contributed by atoms with Crippen molar-refractivity contribution in [2.45, 2.75) is 128 Å². The Labute approximate surface area is 189 Å². The third kappa shape index (κ3) is 16.2. The fraction of sp³-hybridized carbons (Fsp3) is 1.00. The Morgan fingerprint density at radius 3 is 1.62 bits per heavy atom. The van der Waals surface area contributed by atoms with E-state index in [2.05, 4.69) is 13.8 Å². The molecule has 1 aliphatic rings. The first kappa shape index (κ1) is 27.9. The summed E-state index contributed by atoms with van der Waals surface area (Å²) in [5.74, 6) is 0. The van der Waals surface area contributed by atoms with Crippen LogP contribution in [-0.4, -0.2) is 18.5 Å². The number of hydrogen-bond acceptors (Lipinski definition) is 6. The summed E-state index contributed by atoms with van der Waals surface area (Å²) in [6, 6.07) is 0. The van der Waals surface area contributed by atoms with Crippen molar-refractivity contribution in [3.63, 3.8) is 0 Å². The van der Waals surface area contributed by atoms with Gasteiger partial charge in [-0.05, 0) is 37.5 Å². The summed E-state index contributed by atoms with van der Waals surface area (Å²) in [5, 5.41) is 0.505. The minimum absolute atomic E-state index is 0.505. The van der Waals surface area contributed by atoms with E-state index in [-0.39, 0.29) is 0 Å². The van der Waals surface area contributed by atoms with E-state index in [9.17, 15) is 0 Å². The number of rotatable bonds is 20. The van der Waals surface area contributed by atoms with Crippen LogP contribution in [-0.2, 0) is 30.9 Å². The van der Waals surface area contributed by atoms with E-state index in [1.807, 2.05) is 0 Å². The molecule has 0 bridgehead atoms. The molecule has 0 spiro atoms. The standard InChI is InChI=1S/C22H45O4PS2/c1-3-5-7-9-11-16-20-23-25-27(28,29-22-18-14-13-15-19-22)26-24-21-17-12-10-8-6-4-2/h22H,3-21H2,1-2H3. The van der Waals surface area contributed by atoms with Gasteiger partial charge in [0, 0.05) is 5.25 Å². The van der Waals surface area contributed by atoms with E-state index in [1.54, 1.807) is 11.4 Å². The smallest absolute Gasteiger partial charge is 0.229 e. The van der Waals surface area contributed by atoms with Gasteiger partial charge in [-0.15, -0.1) is 0 Å². The summed E-state index contributed by atoms with van der Waals surface area (Å²) in [6.07, 6.45) is 20.9. The molecular weight excluding hydrogens is 423 g/mol. The molecule has 174 valence electrons. The molecule has 0 heterocycles. The molecule has 29 heavy (non-hydrogen) atoms. The van der Waals surface area contributed by atoms with Gasteiger partial charge in [-0.3, -0.25) is 0 Å². The number of unbranched alkanes of at least 4 members (excludes halogenated alkanes) is 10. The zero-order chi connectivity index (χ0) is 21.0. The van der Waals surface area contributed by atoms with Crippen LogP contribution in [0.3, 0.4) is 0 Å². The molecule has 0 aliphatic heterocycles. The van der Waals surface area contributed by atoms with Gasteiger partial charge in [-0.2, -0.15) is 9.35 Å². The Bertz CT molecular complexity index is 382. The zero-order valence-corrected chi connectivity index (χ0v) is 21.4. The first-order valence-corrected chi connectivity index (χ1v) is 16.2. The van der Waals surface area contributed by atoms with Crippen molar-refractivity contribution >= 4 is 28.9 Å². The van der Waals surface area contributed by atoms with Gasteiger partial charge in [-0.1, -0.05) is 109 Å². The minimum atomic E-state index is -2.61. The van der Waals surface area contributed by atoms with Gasteiger partial charge >= 0.3 is 5.69 Å². The molecule has 1 rings (SSSR count). The van der Waals surface area contributed by atoms with Crippen LogP contribution >= 0.6 is 17.1 Å². The fourth-order valence-electron chi connectivity index (χ4n) is 3.49. The van der Waals surface area contributed by atoms with Crippen LogP contribution in [0.5, 0.6) is 0 Å². The summed E-state index contributed by atoms with van der Waals surface area (Å²) in [4.78, 5) is 11.0. The molecule has 0 N–H and O–H groups in total. The van der Waals surface area contributed by atoms with Gasteiger partial charge < -0.3 is 0 Å². The lowest BCUT2D eigenvalue weighted by atomic mass is 10.0. The maximum absolute atomic E-state index is 5.73. The van der Waals surface area contributed by atoms with Crippen LogP contribution in [0.2, 0.25) is 0 Å². The Morgan fingerprint density at radius 1 is 0.690 bits per heavy atom. The van der Waals surface area contributed by atoms with Crippen LogP contribution in [0.4, 0.5) is 0 Å². The Balaban J connectivity index is 2.24. The molecule has 1 saturated carbocycles. The van der Waals surface area contributed by atoms with Crippen molar-refractivity contribution < 1.29 is 19.1 Å². The summed E-state index contributed by atoms with van der Waals surface area (Å²) < 4.78 is 11.3. The molecule has 4 nitrogen and oxygen atoms in total. The molecular formula is C22H45O4PS2. The highest BCUT2D eigenvalue weighted by atomic mass is 32.9. The quantitative estimate of drug-likeness (QED) is 0.0768. The van der Waals surface area contributed by atoms with E-state index < -0.39 is 5.69 Å². The first-order valence-electron chi connectivity index (χ1n) is 12.1. The van der Waals surface area contributed by atoms with Gasteiger partial charge in [0.1, 0.15) is 0 Å². The summed E-state index contributed by atoms with van der Waals surface area (Å²) in [6.45, 7) is 5.64.